The molecule has 0 fully saturated rings. The molecule has 0 aliphatic rings. The molecule has 0 aliphatic carbocycles. The Kier molecular flexibility index (Phi) is 3.58. The van der Waals surface area contributed by atoms with E-state index in [9.17, 15) is 10.2 Å². The quantitative estimate of drug-likeness (QED) is 0.610. The second kappa shape index (κ2) is 5.54. The Morgan fingerprint density at radius 2 is 1.52 bits per heavy atom. The molecule has 0 aromatic heterocycles. The van der Waals surface area contributed by atoms with Gasteiger partial charge in [-0.05, 0) is 42.5 Å². The Labute approximate surface area is 129 Å². The van der Waals surface area contributed by atoms with E-state index < -0.39 is 0 Å². The molecule has 0 unspecified atom stereocenters. The summed E-state index contributed by atoms with van der Waals surface area (Å²) in [7, 11) is 0. The van der Waals surface area contributed by atoms with Crippen LogP contribution in [0.15, 0.2) is 69.3 Å². The van der Waals surface area contributed by atoms with Gasteiger partial charge in [0.05, 0.1) is 5.69 Å². The molecule has 5 heteroatoms. The highest BCUT2D eigenvalue weighted by molar-refractivity contribution is 9.10. The zero-order chi connectivity index (χ0) is 14.8. The van der Waals surface area contributed by atoms with Crippen molar-refractivity contribution in [3.8, 4) is 11.5 Å². The third-order valence-electron chi connectivity index (χ3n) is 3.09. The van der Waals surface area contributed by atoms with Gasteiger partial charge in [-0.25, -0.2) is 0 Å². The highest BCUT2D eigenvalue weighted by Crippen LogP contribution is 2.38. The molecule has 0 spiro atoms. The van der Waals surface area contributed by atoms with Gasteiger partial charge in [0.2, 0.25) is 0 Å². The normalized spacial score (nSPS) is 11.3. The minimum atomic E-state index is 0.00395. The first-order valence-electron chi connectivity index (χ1n) is 6.26. The molecular weight excluding hydrogens is 332 g/mol. The van der Waals surface area contributed by atoms with E-state index in [1.54, 1.807) is 30.3 Å². The molecule has 0 atom stereocenters. The number of fused-ring (bicyclic) bond motifs is 1. The lowest BCUT2D eigenvalue weighted by molar-refractivity contribution is 0.476. The highest BCUT2D eigenvalue weighted by Gasteiger charge is 2.08. The fourth-order valence-electron chi connectivity index (χ4n) is 2.01. The van der Waals surface area contributed by atoms with Crippen LogP contribution in [0.4, 0.5) is 11.4 Å². The van der Waals surface area contributed by atoms with Gasteiger partial charge in [-0.3, -0.25) is 0 Å². The van der Waals surface area contributed by atoms with Crippen molar-refractivity contribution in [2.45, 2.75) is 0 Å². The number of benzene rings is 3. The monoisotopic (exact) mass is 342 g/mol. The van der Waals surface area contributed by atoms with Crippen LogP contribution in [-0.4, -0.2) is 10.2 Å². The van der Waals surface area contributed by atoms with Crippen molar-refractivity contribution >= 4 is 38.1 Å². The summed E-state index contributed by atoms with van der Waals surface area (Å²) in [5, 5.41) is 29.3. The van der Waals surface area contributed by atoms with Gasteiger partial charge in [0.1, 0.15) is 11.4 Å². The molecule has 0 bridgehead atoms. The number of phenolic OH excluding ortho intramolecular Hbond substituents is 2. The van der Waals surface area contributed by atoms with Crippen molar-refractivity contribution in [2.75, 3.05) is 0 Å². The van der Waals surface area contributed by atoms with Crippen LogP contribution in [0.5, 0.6) is 11.5 Å². The van der Waals surface area contributed by atoms with Gasteiger partial charge in [0.25, 0.3) is 0 Å². The molecule has 0 heterocycles. The average molecular weight is 343 g/mol. The Morgan fingerprint density at radius 1 is 0.762 bits per heavy atom. The van der Waals surface area contributed by atoms with Crippen molar-refractivity contribution in [2.24, 2.45) is 10.2 Å². The van der Waals surface area contributed by atoms with Crippen molar-refractivity contribution in [1.82, 2.24) is 0 Å². The van der Waals surface area contributed by atoms with Gasteiger partial charge >= 0.3 is 0 Å². The summed E-state index contributed by atoms with van der Waals surface area (Å²) in [6.45, 7) is 0. The van der Waals surface area contributed by atoms with Crippen molar-refractivity contribution in [3.63, 3.8) is 0 Å². The largest absolute Gasteiger partial charge is 0.507 e. The maximum Gasteiger partial charge on any atom is 0.151 e. The second-order valence-corrected chi connectivity index (χ2v) is 5.40. The smallest absolute Gasteiger partial charge is 0.151 e. The van der Waals surface area contributed by atoms with Gasteiger partial charge in [0.15, 0.2) is 5.75 Å². The van der Waals surface area contributed by atoms with E-state index in [0.717, 1.165) is 4.47 Å². The summed E-state index contributed by atoms with van der Waals surface area (Å²) in [6.07, 6.45) is 0. The van der Waals surface area contributed by atoms with Gasteiger partial charge in [0, 0.05) is 15.2 Å². The van der Waals surface area contributed by atoms with E-state index in [-0.39, 0.29) is 11.5 Å². The summed E-state index contributed by atoms with van der Waals surface area (Å²) in [5.74, 6) is 0.128. The summed E-state index contributed by atoms with van der Waals surface area (Å²) >= 11 is 3.35. The van der Waals surface area contributed by atoms with Crippen LogP contribution in [-0.2, 0) is 0 Å². The fourth-order valence-corrected chi connectivity index (χ4v) is 2.28. The zero-order valence-electron chi connectivity index (χ0n) is 10.9. The van der Waals surface area contributed by atoms with Gasteiger partial charge in [-0.15, -0.1) is 5.11 Å². The molecule has 104 valence electrons. The number of hydrogen-bond donors (Lipinski definition) is 2. The number of halogens is 1. The van der Waals surface area contributed by atoms with Crippen LogP contribution in [0.3, 0.4) is 0 Å². The fraction of sp³-hybridized carbons (Fsp3) is 0. The summed E-state index contributed by atoms with van der Waals surface area (Å²) in [5.41, 5.74) is 1.05. The lowest BCUT2D eigenvalue weighted by atomic mass is 10.1. The van der Waals surface area contributed by atoms with Gasteiger partial charge < -0.3 is 10.2 Å². The van der Waals surface area contributed by atoms with E-state index in [1.165, 1.54) is 0 Å². The van der Waals surface area contributed by atoms with Crippen LogP contribution in [0.1, 0.15) is 0 Å². The first-order chi connectivity index (χ1) is 10.1. The molecule has 2 N–H and O–H groups in total. The number of rotatable bonds is 2. The van der Waals surface area contributed by atoms with Crippen LogP contribution in [0.2, 0.25) is 0 Å². The summed E-state index contributed by atoms with van der Waals surface area (Å²) in [4.78, 5) is 0. The second-order valence-electron chi connectivity index (χ2n) is 4.48. The lowest BCUT2D eigenvalue weighted by Gasteiger charge is -2.05. The molecule has 0 radical (unpaired) electrons. The molecule has 3 aromatic carbocycles. The summed E-state index contributed by atoms with van der Waals surface area (Å²) < 4.78 is 0.963. The van der Waals surface area contributed by atoms with E-state index in [1.807, 2.05) is 24.3 Å². The van der Waals surface area contributed by atoms with Crippen molar-refractivity contribution in [1.29, 1.82) is 0 Å². The first-order valence-corrected chi connectivity index (χ1v) is 7.05. The van der Waals surface area contributed by atoms with Crippen molar-refractivity contribution < 1.29 is 10.2 Å². The molecule has 3 aromatic rings. The molecule has 0 amide bonds. The van der Waals surface area contributed by atoms with Crippen molar-refractivity contribution in [3.05, 3.63) is 59.1 Å². The zero-order valence-corrected chi connectivity index (χ0v) is 12.4. The third-order valence-corrected chi connectivity index (χ3v) is 3.62. The maximum atomic E-state index is 10.2. The van der Waals surface area contributed by atoms with Crippen LogP contribution < -0.4 is 0 Å². The predicted octanol–water partition coefficient (Wildman–Crippen LogP) is 5.43. The standard InChI is InChI=1S/C16H11BrN2O2/c17-10-4-6-11(7-5-10)18-19-14-9-8-12-13(16(14)21)2-1-3-15(12)20/h1-9,20-21H. The predicted molar refractivity (Wildman–Crippen MR) is 85.6 cm³/mol. The van der Waals surface area contributed by atoms with E-state index in [0.29, 0.717) is 22.1 Å². The third kappa shape index (κ3) is 2.73. The highest BCUT2D eigenvalue weighted by atomic mass is 79.9. The average Bonchev–Trinajstić information content (AvgIpc) is 2.49. The number of aromatic hydroxyl groups is 2. The molecule has 3 rings (SSSR count). The molecule has 21 heavy (non-hydrogen) atoms. The van der Waals surface area contributed by atoms with E-state index in [4.69, 9.17) is 0 Å². The first kappa shape index (κ1) is 13.6. The number of hydrogen-bond acceptors (Lipinski definition) is 4. The SMILES string of the molecule is Oc1cccc2c(O)c(N=Nc3ccc(Br)cc3)ccc12. The van der Waals surface area contributed by atoms with Crippen LogP contribution in [0.25, 0.3) is 10.8 Å². The number of azo groups is 1. The topological polar surface area (TPSA) is 65.2 Å². The Hall–Kier alpha value is -2.40. The van der Waals surface area contributed by atoms with Crippen LogP contribution in [0, 0.1) is 0 Å². The number of nitrogens with zero attached hydrogens (tertiary/aromatic N) is 2. The molecule has 0 saturated heterocycles. The van der Waals surface area contributed by atoms with Gasteiger partial charge in [-0.2, -0.15) is 5.11 Å². The molecule has 0 saturated carbocycles. The Morgan fingerprint density at radius 3 is 2.29 bits per heavy atom. The Bertz CT molecular complexity index is 830. The molecule has 4 nitrogen and oxygen atoms in total. The van der Waals surface area contributed by atoms with E-state index >= 15 is 0 Å². The van der Waals surface area contributed by atoms with Gasteiger partial charge in [-0.1, -0.05) is 28.1 Å². The minimum Gasteiger partial charge on any atom is -0.507 e. The Balaban J connectivity index is 2.01. The minimum absolute atomic E-state index is 0.00395. The number of phenols is 2. The van der Waals surface area contributed by atoms with E-state index in [2.05, 4.69) is 26.2 Å². The summed E-state index contributed by atoms with van der Waals surface area (Å²) in [6, 6.07) is 15.7. The lowest BCUT2D eigenvalue weighted by Crippen LogP contribution is -1.76. The maximum absolute atomic E-state index is 10.2. The van der Waals surface area contributed by atoms with Crippen LogP contribution >= 0.6 is 15.9 Å². The molecular formula is C16H11BrN2O2. The molecule has 0 aliphatic heterocycles.